The summed E-state index contributed by atoms with van der Waals surface area (Å²) in [6.45, 7) is 0. The van der Waals surface area contributed by atoms with Crippen molar-refractivity contribution in [3.63, 3.8) is 0 Å². The Balaban J connectivity index is 2.77. The number of hydrogen-bond acceptors (Lipinski definition) is 2. The molecule has 0 amide bonds. The first-order chi connectivity index (χ1) is 10.2. The third-order valence-electron chi connectivity index (χ3n) is 3.08. The van der Waals surface area contributed by atoms with E-state index in [9.17, 15) is 23.1 Å². The van der Waals surface area contributed by atoms with Gasteiger partial charge >= 0.3 is 12.1 Å². The van der Waals surface area contributed by atoms with Crippen LogP contribution < -0.4 is 0 Å². The molecule has 116 valence electrons. The first-order valence-electron chi connectivity index (χ1n) is 6.09. The van der Waals surface area contributed by atoms with E-state index in [1.54, 1.807) is 0 Å². The van der Waals surface area contributed by atoms with E-state index in [0.717, 1.165) is 6.07 Å². The molecule has 0 saturated carbocycles. The fourth-order valence-electron chi connectivity index (χ4n) is 2.13. The average molecular weight is 331 g/mol. The quantitative estimate of drug-likeness (QED) is 0.889. The van der Waals surface area contributed by atoms with Crippen molar-refractivity contribution in [1.82, 2.24) is 0 Å². The summed E-state index contributed by atoms with van der Waals surface area (Å²) in [5.41, 5.74) is -1.58. The van der Waals surface area contributed by atoms with Gasteiger partial charge in [0.15, 0.2) is 6.10 Å². The SMILES string of the molecule is O=C(O)C(O)c1cccc(Cl)c1-c1ccccc1C(F)(F)F. The number of aliphatic hydroxyl groups is 1. The van der Waals surface area contributed by atoms with E-state index < -0.39 is 23.8 Å². The number of carbonyl (C=O) groups is 1. The van der Waals surface area contributed by atoms with Gasteiger partial charge in [-0.1, -0.05) is 41.9 Å². The summed E-state index contributed by atoms with van der Waals surface area (Å²) in [5.74, 6) is -1.58. The van der Waals surface area contributed by atoms with Crippen LogP contribution in [0.25, 0.3) is 11.1 Å². The normalized spacial score (nSPS) is 13.0. The molecule has 0 fully saturated rings. The first-order valence-corrected chi connectivity index (χ1v) is 6.47. The van der Waals surface area contributed by atoms with Crippen LogP contribution in [0.15, 0.2) is 42.5 Å². The van der Waals surface area contributed by atoms with Gasteiger partial charge in [0.2, 0.25) is 0 Å². The molecule has 0 aromatic heterocycles. The van der Waals surface area contributed by atoms with Gasteiger partial charge in [0.1, 0.15) is 0 Å². The number of rotatable bonds is 3. The predicted octanol–water partition coefficient (Wildman–Crippen LogP) is 4.14. The van der Waals surface area contributed by atoms with Crippen molar-refractivity contribution in [2.45, 2.75) is 12.3 Å². The third kappa shape index (κ3) is 3.08. The van der Waals surface area contributed by atoms with Gasteiger partial charge in [0, 0.05) is 16.1 Å². The summed E-state index contributed by atoms with van der Waals surface area (Å²) in [4.78, 5) is 11.0. The largest absolute Gasteiger partial charge is 0.479 e. The minimum atomic E-state index is -4.64. The minimum absolute atomic E-state index is 0.0745. The third-order valence-corrected chi connectivity index (χ3v) is 3.39. The van der Waals surface area contributed by atoms with E-state index in [1.807, 2.05) is 0 Å². The molecule has 22 heavy (non-hydrogen) atoms. The molecule has 0 heterocycles. The van der Waals surface area contributed by atoms with Crippen molar-refractivity contribution in [1.29, 1.82) is 0 Å². The molecule has 2 rings (SSSR count). The van der Waals surface area contributed by atoms with Gasteiger partial charge in [0.05, 0.1) is 5.56 Å². The van der Waals surface area contributed by atoms with Crippen LogP contribution >= 0.6 is 11.6 Å². The molecule has 2 N–H and O–H groups in total. The van der Waals surface area contributed by atoms with Crippen molar-refractivity contribution >= 4 is 17.6 Å². The van der Waals surface area contributed by atoms with Gasteiger partial charge in [-0.05, 0) is 17.7 Å². The maximum Gasteiger partial charge on any atom is 0.417 e. The molecule has 0 aliphatic heterocycles. The summed E-state index contributed by atoms with van der Waals surface area (Å²) in [6.07, 6.45) is -6.61. The molecule has 0 spiro atoms. The number of hydrogen-bond donors (Lipinski definition) is 2. The highest BCUT2D eigenvalue weighted by Gasteiger charge is 2.35. The van der Waals surface area contributed by atoms with Crippen molar-refractivity contribution in [2.75, 3.05) is 0 Å². The lowest BCUT2D eigenvalue weighted by atomic mass is 9.92. The Hall–Kier alpha value is -2.05. The number of aliphatic carboxylic acids is 1. The second-order valence-electron chi connectivity index (χ2n) is 4.49. The fraction of sp³-hybridized carbons (Fsp3) is 0.133. The number of alkyl halides is 3. The van der Waals surface area contributed by atoms with E-state index in [1.165, 1.54) is 36.4 Å². The maximum absolute atomic E-state index is 13.1. The summed E-state index contributed by atoms with van der Waals surface area (Å²) in [6, 6.07) is 8.58. The summed E-state index contributed by atoms with van der Waals surface area (Å²) in [5, 5.41) is 18.6. The van der Waals surface area contributed by atoms with Gasteiger partial charge < -0.3 is 10.2 Å². The van der Waals surface area contributed by atoms with Crippen LogP contribution in [0.2, 0.25) is 5.02 Å². The number of carboxylic acid groups (broad SMARTS) is 1. The second kappa shape index (κ2) is 5.98. The van der Waals surface area contributed by atoms with E-state index in [0.29, 0.717) is 0 Å². The molecular formula is C15H10ClF3O3. The topological polar surface area (TPSA) is 57.5 Å². The maximum atomic E-state index is 13.1. The zero-order chi connectivity index (χ0) is 16.5. The predicted molar refractivity (Wildman–Crippen MR) is 74.5 cm³/mol. The van der Waals surface area contributed by atoms with Crippen LogP contribution in [-0.2, 0) is 11.0 Å². The van der Waals surface area contributed by atoms with Crippen molar-refractivity contribution in [3.05, 3.63) is 58.6 Å². The Morgan fingerprint density at radius 2 is 1.73 bits per heavy atom. The van der Waals surface area contributed by atoms with Gasteiger partial charge in [-0.15, -0.1) is 0 Å². The van der Waals surface area contributed by atoms with Crippen LogP contribution in [0, 0.1) is 0 Å². The molecule has 0 aliphatic carbocycles. The second-order valence-corrected chi connectivity index (χ2v) is 4.90. The molecule has 0 radical (unpaired) electrons. The van der Waals surface area contributed by atoms with Crippen LogP contribution in [0.3, 0.4) is 0 Å². The number of halogens is 4. The highest BCUT2D eigenvalue weighted by molar-refractivity contribution is 6.33. The molecular weight excluding hydrogens is 321 g/mol. The molecule has 3 nitrogen and oxygen atoms in total. The molecule has 2 aromatic rings. The molecule has 1 unspecified atom stereocenters. The number of carboxylic acids is 1. The summed E-state index contributed by atoms with van der Waals surface area (Å²) >= 11 is 5.96. The summed E-state index contributed by atoms with van der Waals surface area (Å²) in [7, 11) is 0. The molecule has 2 aromatic carbocycles. The lowest BCUT2D eigenvalue weighted by molar-refractivity contribution is -0.146. The highest BCUT2D eigenvalue weighted by Crippen LogP contribution is 2.42. The van der Waals surface area contributed by atoms with E-state index >= 15 is 0 Å². The Bertz CT molecular complexity index is 713. The van der Waals surface area contributed by atoms with Gasteiger partial charge in [-0.25, -0.2) is 4.79 Å². The van der Waals surface area contributed by atoms with Gasteiger partial charge in [-0.2, -0.15) is 13.2 Å². The van der Waals surface area contributed by atoms with Crippen molar-refractivity contribution in [2.24, 2.45) is 0 Å². The molecule has 0 bridgehead atoms. The van der Waals surface area contributed by atoms with E-state index in [4.69, 9.17) is 16.7 Å². The Morgan fingerprint density at radius 1 is 1.09 bits per heavy atom. The Labute approximate surface area is 128 Å². The lowest BCUT2D eigenvalue weighted by Crippen LogP contribution is -2.13. The first kappa shape index (κ1) is 16.3. The van der Waals surface area contributed by atoms with Crippen molar-refractivity contribution in [3.8, 4) is 11.1 Å². The monoisotopic (exact) mass is 330 g/mol. The van der Waals surface area contributed by atoms with Crippen LogP contribution in [-0.4, -0.2) is 16.2 Å². The van der Waals surface area contributed by atoms with Crippen LogP contribution in [0.4, 0.5) is 13.2 Å². The highest BCUT2D eigenvalue weighted by atomic mass is 35.5. The van der Waals surface area contributed by atoms with Crippen LogP contribution in [0.5, 0.6) is 0 Å². The molecule has 0 saturated heterocycles. The van der Waals surface area contributed by atoms with Crippen LogP contribution in [0.1, 0.15) is 17.2 Å². The summed E-state index contributed by atoms with van der Waals surface area (Å²) < 4.78 is 39.4. The lowest BCUT2D eigenvalue weighted by Gasteiger charge is -2.18. The standard InChI is InChI=1S/C15H10ClF3O3/c16-11-7-3-5-9(13(20)14(21)22)12(11)8-4-1-2-6-10(8)15(17,18)19/h1-7,13,20H,(H,21,22). The van der Waals surface area contributed by atoms with Crippen molar-refractivity contribution < 1.29 is 28.2 Å². The van der Waals surface area contributed by atoms with Gasteiger partial charge in [-0.3, -0.25) is 0 Å². The zero-order valence-corrected chi connectivity index (χ0v) is 11.7. The number of benzene rings is 2. The Kier molecular flexibility index (Phi) is 4.44. The molecule has 7 heteroatoms. The van der Waals surface area contributed by atoms with E-state index in [-0.39, 0.29) is 21.7 Å². The molecule has 0 aliphatic rings. The molecule has 1 atom stereocenters. The van der Waals surface area contributed by atoms with E-state index in [2.05, 4.69) is 0 Å². The van der Waals surface area contributed by atoms with Gasteiger partial charge in [0.25, 0.3) is 0 Å². The fourth-order valence-corrected chi connectivity index (χ4v) is 2.42. The average Bonchev–Trinajstić information content (AvgIpc) is 2.45. The Morgan fingerprint density at radius 3 is 2.32 bits per heavy atom. The number of aliphatic hydroxyl groups excluding tert-OH is 1. The smallest absolute Gasteiger partial charge is 0.417 e. The zero-order valence-electron chi connectivity index (χ0n) is 10.9. The minimum Gasteiger partial charge on any atom is -0.479 e.